The van der Waals surface area contributed by atoms with E-state index in [2.05, 4.69) is 10.4 Å². The topological polar surface area (TPSA) is 67.2 Å². The molecule has 0 radical (unpaired) electrons. The third-order valence-corrected chi connectivity index (χ3v) is 4.48. The van der Waals surface area contributed by atoms with Crippen molar-refractivity contribution in [3.8, 4) is 5.69 Å². The summed E-state index contributed by atoms with van der Waals surface area (Å²) in [4.78, 5) is 25.9. The molecule has 0 fully saturated rings. The van der Waals surface area contributed by atoms with Crippen LogP contribution in [-0.4, -0.2) is 28.1 Å². The molecule has 1 aliphatic rings. The Morgan fingerprint density at radius 1 is 1.12 bits per heavy atom. The van der Waals surface area contributed by atoms with Crippen molar-refractivity contribution in [2.24, 2.45) is 0 Å². The summed E-state index contributed by atoms with van der Waals surface area (Å²) in [6, 6.07) is 15.3. The van der Waals surface area contributed by atoms with Crippen LogP contribution in [0.5, 0.6) is 0 Å². The molecular weight excluding hydrogens is 328 g/mol. The van der Waals surface area contributed by atoms with E-state index >= 15 is 0 Å². The Morgan fingerprint density at radius 3 is 2.69 bits per heavy atom. The monoisotopic (exact) mass is 346 g/mol. The molecule has 4 rings (SSSR count). The normalized spacial score (nSPS) is 12.7. The lowest BCUT2D eigenvalue weighted by Gasteiger charge is -2.15. The molecule has 0 bridgehead atoms. The highest BCUT2D eigenvalue weighted by Crippen LogP contribution is 2.30. The SMILES string of the molecule is CC(=O)N1CCc2cc(NC(=O)c3cnn(-c4ccccc4)c3)ccc21. The van der Waals surface area contributed by atoms with Gasteiger partial charge in [-0.2, -0.15) is 5.10 Å². The van der Waals surface area contributed by atoms with E-state index in [-0.39, 0.29) is 11.8 Å². The predicted molar refractivity (Wildman–Crippen MR) is 99.7 cm³/mol. The number of nitrogens with zero attached hydrogens (tertiary/aromatic N) is 3. The number of aromatic nitrogens is 2. The van der Waals surface area contributed by atoms with Crippen LogP contribution in [0.3, 0.4) is 0 Å². The lowest BCUT2D eigenvalue weighted by molar-refractivity contribution is -0.116. The minimum atomic E-state index is -0.214. The smallest absolute Gasteiger partial charge is 0.258 e. The summed E-state index contributed by atoms with van der Waals surface area (Å²) in [7, 11) is 0. The first-order chi connectivity index (χ1) is 12.6. The van der Waals surface area contributed by atoms with Gasteiger partial charge in [0.05, 0.1) is 17.4 Å². The number of rotatable bonds is 3. The highest BCUT2D eigenvalue weighted by molar-refractivity contribution is 6.04. The Balaban J connectivity index is 1.51. The van der Waals surface area contributed by atoms with Crippen LogP contribution < -0.4 is 10.2 Å². The fourth-order valence-corrected chi connectivity index (χ4v) is 3.17. The average Bonchev–Trinajstić information content (AvgIpc) is 3.29. The highest BCUT2D eigenvalue weighted by atomic mass is 16.2. The van der Waals surface area contributed by atoms with Gasteiger partial charge in [-0.15, -0.1) is 0 Å². The number of fused-ring (bicyclic) bond motifs is 1. The van der Waals surface area contributed by atoms with E-state index in [0.717, 1.165) is 23.4 Å². The summed E-state index contributed by atoms with van der Waals surface area (Å²) in [5.74, 6) is -0.178. The molecule has 2 aromatic carbocycles. The third-order valence-electron chi connectivity index (χ3n) is 4.48. The molecule has 0 aliphatic carbocycles. The molecule has 6 nitrogen and oxygen atoms in total. The molecule has 0 atom stereocenters. The van der Waals surface area contributed by atoms with Crippen molar-refractivity contribution in [2.75, 3.05) is 16.8 Å². The number of nitrogens with one attached hydrogen (secondary N) is 1. The van der Waals surface area contributed by atoms with Crippen molar-refractivity contribution >= 4 is 23.2 Å². The summed E-state index contributed by atoms with van der Waals surface area (Å²) in [5, 5.41) is 7.15. The van der Waals surface area contributed by atoms with E-state index in [9.17, 15) is 9.59 Å². The second kappa shape index (κ2) is 6.48. The van der Waals surface area contributed by atoms with Crippen LogP contribution in [0.1, 0.15) is 22.8 Å². The summed E-state index contributed by atoms with van der Waals surface area (Å²) in [6.45, 7) is 2.25. The number of hydrogen-bond acceptors (Lipinski definition) is 3. The number of hydrogen-bond donors (Lipinski definition) is 1. The van der Waals surface area contributed by atoms with Crippen LogP contribution in [0.15, 0.2) is 60.9 Å². The Morgan fingerprint density at radius 2 is 1.92 bits per heavy atom. The van der Waals surface area contributed by atoms with Gasteiger partial charge in [0.25, 0.3) is 5.91 Å². The Hall–Kier alpha value is -3.41. The van der Waals surface area contributed by atoms with E-state index in [1.165, 1.54) is 0 Å². The van der Waals surface area contributed by atoms with E-state index in [1.807, 2.05) is 48.5 Å². The zero-order valence-electron chi connectivity index (χ0n) is 14.3. The molecule has 2 heterocycles. The van der Waals surface area contributed by atoms with Crippen LogP contribution in [0.2, 0.25) is 0 Å². The minimum Gasteiger partial charge on any atom is -0.322 e. The van der Waals surface area contributed by atoms with Crippen molar-refractivity contribution in [1.29, 1.82) is 0 Å². The molecule has 2 amide bonds. The Kier molecular flexibility index (Phi) is 4.01. The van der Waals surface area contributed by atoms with Gasteiger partial charge in [-0.3, -0.25) is 9.59 Å². The van der Waals surface area contributed by atoms with Crippen LogP contribution in [0, 0.1) is 0 Å². The van der Waals surface area contributed by atoms with E-state index in [4.69, 9.17) is 0 Å². The summed E-state index contributed by atoms with van der Waals surface area (Å²) < 4.78 is 1.67. The number of anilines is 2. The molecule has 6 heteroatoms. The molecule has 0 unspecified atom stereocenters. The van der Waals surface area contributed by atoms with E-state index < -0.39 is 0 Å². The van der Waals surface area contributed by atoms with Crippen molar-refractivity contribution in [1.82, 2.24) is 9.78 Å². The predicted octanol–water partition coefficient (Wildman–Crippen LogP) is 3.03. The van der Waals surface area contributed by atoms with Gasteiger partial charge >= 0.3 is 0 Å². The van der Waals surface area contributed by atoms with Crippen molar-refractivity contribution < 1.29 is 9.59 Å². The van der Waals surface area contributed by atoms with Gasteiger partial charge in [0.15, 0.2) is 0 Å². The van der Waals surface area contributed by atoms with Crippen LogP contribution in [0.25, 0.3) is 5.69 Å². The number of carbonyl (C=O) groups is 2. The van der Waals surface area contributed by atoms with Gasteiger partial charge in [0.2, 0.25) is 5.91 Å². The lowest BCUT2D eigenvalue weighted by atomic mass is 10.1. The molecule has 0 saturated carbocycles. The highest BCUT2D eigenvalue weighted by Gasteiger charge is 2.22. The second-order valence-corrected chi connectivity index (χ2v) is 6.23. The molecule has 0 saturated heterocycles. The van der Waals surface area contributed by atoms with Crippen LogP contribution >= 0.6 is 0 Å². The molecule has 3 aromatic rings. The largest absolute Gasteiger partial charge is 0.322 e. The Bertz CT molecular complexity index is 978. The molecule has 1 N–H and O–H groups in total. The summed E-state index contributed by atoms with van der Waals surface area (Å²) in [6.07, 6.45) is 4.05. The summed E-state index contributed by atoms with van der Waals surface area (Å²) >= 11 is 0. The fourth-order valence-electron chi connectivity index (χ4n) is 3.17. The van der Waals surface area contributed by atoms with Crippen molar-refractivity contribution in [3.05, 3.63) is 72.1 Å². The van der Waals surface area contributed by atoms with Gasteiger partial charge in [0.1, 0.15) is 0 Å². The van der Waals surface area contributed by atoms with Gasteiger partial charge < -0.3 is 10.2 Å². The first kappa shape index (κ1) is 16.1. The number of benzene rings is 2. The van der Waals surface area contributed by atoms with Crippen molar-refractivity contribution in [2.45, 2.75) is 13.3 Å². The first-order valence-corrected chi connectivity index (χ1v) is 8.44. The van der Waals surface area contributed by atoms with Crippen LogP contribution in [-0.2, 0) is 11.2 Å². The maximum absolute atomic E-state index is 12.5. The maximum Gasteiger partial charge on any atom is 0.258 e. The third kappa shape index (κ3) is 2.97. The Labute approximate surface area is 151 Å². The standard InChI is InChI=1S/C20H18N4O2/c1-14(25)23-10-9-15-11-17(7-8-19(15)23)22-20(26)16-12-21-24(13-16)18-5-3-2-4-6-18/h2-8,11-13H,9-10H2,1H3,(H,22,26). The number of amides is 2. The molecule has 1 aliphatic heterocycles. The van der Waals surface area contributed by atoms with Crippen molar-refractivity contribution in [3.63, 3.8) is 0 Å². The van der Waals surface area contributed by atoms with Crippen LogP contribution in [0.4, 0.5) is 11.4 Å². The number of carbonyl (C=O) groups excluding carboxylic acids is 2. The molecule has 130 valence electrons. The molecule has 1 aromatic heterocycles. The molecular formula is C20H18N4O2. The second-order valence-electron chi connectivity index (χ2n) is 6.23. The zero-order valence-corrected chi connectivity index (χ0v) is 14.3. The van der Waals surface area contributed by atoms with Gasteiger partial charge in [-0.25, -0.2) is 4.68 Å². The number of para-hydroxylation sites is 1. The van der Waals surface area contributed by atoms with Gasteiger partial charge in [-0.05, 0) is 42.3 Å². The first-order valence-electron chi connectivity index (χ1n) is 8.44. The minimum absolute atomic E-state index is 0.0360. The zero-order chi connectivity index (χ0) is 18.1. The van der Waals surface area contributed by atoms with Gasteiger partial charge in [0, 0.05) is 31.0 Å². The van der Waals surface area contributed by atoms with E-state index in [0.29, 0.717) is 17.8 Å². The summed E-state index contributed by atoms with van der Waals surface area (Å²) in [5.41, 5.74) is 4.09. The molecule has 0 spiro atoms. The molecule has 26 heavy (non-hydrogen) atoms. The average molecular weight is 346 g/mol. The quantitative estimate of drug-likeness (QED) is 0.793. The fraction of sp³-hybridized carbons (Fsp3) is 0.150. The van der Waals surface area contributed by atoms with Gasteiger partial charge in [-0.1, -0.05) is 18.2 Å². The maximum atomic E-state index is 12.5. The lowest BCUT2D eigenvalue weighted by Crippen LogP contribution is -2.25. The van der Waals surface area contributed by atoms with E-state index in [1.54, 1.807) is 28.9 Å².